The minimum Gasteiger partial charge on any atom is -0.481 e. The van der Waals surface area contributed by atoms with Crippen LogP contribution in [0.1, 0.15) is 71.1 Å². The molecule has 0 bridgehead atoms. The van der Waals surface area contributed by atoms with Crippen molar-refractivity contribution in [3.05, 3.63) is 36.5 Å². The predicted octanol–water partition coefficient (Wildman–Crippen LogP) is 5.27. The largest absolute Gasteiger partial charge is 0.481 e. The van der Waals surface area contributed by atoms with Crippen LogP contribution in [0.15, 0.2) is 36.5 Å². The van der Waals surface area contributed by atoms with Crippen molar-refractivity contribution in [1.29, 1.82) is 0 Å². The number of allylic oxidation sites excluding steroid dienone is 4. The van der Waals surface area contributed by atoms with Gasteiger partial charge in [-0.05, 0) is 56.8 Å². The molecule has 1 saturated carbocycles. The molecule has 0 aromatic carbocycles. The van der Waals surface area contributed by atoms with Crippen LogP contribution in [-0.4, -0.2) is 22.3 Å². The summed E-state index contributed by atoms with van der Waals surface area (Å²) in [4.78, 5) is 10.4. The molecular weight excluding hydrogens is 300 g/mol. The van der Waals surface area contributed by atoms with E-state index in [1.807, 2.05) is 12.2 Å². The van der Waals surface area contributed by atoms with Crippen LogP contribution in [0.3, 0.4) is 0 Å². The summed E-state index contributed by atoms with van der Waals surface area (Å²) in [6, 6.07) is 0. The normalized spacial score (nSPS) is 21.9. The van der Waals surface area contributed by atoms with Gasteiger partial charge in [0.1, 0.15) is 0 Å². The first-order valence-electron chi connectivity index (χ1n) is 9.51. The second kappa shape index (κ2) is 13.0. The summed E-state index contributed by atoms with van der Waals surface area (Å²) in [6.07, 6.45) is 22.0. The van der Waals surface area contributed by atoms with Crippen LogP contribution in [0, 0.1) is 11.8 Å². The van der Waals surface area contributed by atoms with Crippen molar-refractivity contribution in [2.45, 2.75) is 77.2 Å². The molecule has 0 spiro atoms. The lowest BCUT2D eigenvalue weighted by molar-refractivity contribution is -0.137. The maximum Gasteiger partial charge on any atom is 0.303 e. The lowest BCUT2D eigenvalue weighted by Gasteiger charge is -2.03. The topological polar surface area (TPSA) is 57.5 Å². The standard InChI is InChI=1S/C21H34O3/c1-2-3-4-5-8-12-18-17-19(18)13-11-15-20(22)14-9-6-7-10-16-21(23)24/h6,8-9,11-13,18-20,22H,2-5,7,10,14-17H2,1H3,(H,23,24)/b9-6-,12-8-,13-11+/t18-,19-,20-/m0/s1. The van der Waals surface area contributed by atoms with Crippen molar-refractivity contribution in [3.8, 4) is 0 Å². The first-order valence-corrected chi connectivity index (χ1v) is 9.51. The summed E-state index contributed by atoms with van der Waals surface area (Å²) in [5, 5.41) is 18.4. The van der Waals surface area contributed by atoms with Crippen molar-refractivity contribution in [1.82, 2.24) is 0 Å². The summed E-state index contributed by atoms with van der Waals surface area (Å²) in [5.74, 6) is 0.642. The number of carboxylic acid groups (broad SMARTS) is 1. The molecule has 3 nitrogen and oxygen atoms in total. The Labute approximate surface area is 147 Å². The van der Waals surface area contributed by atoms with Crippen LogP contribution < -0.4 is 0 Å². The fraction of sp³-hybridized carbons (Fsp3) is 0.667. The third-order valence-corrected chi connectivity index (χ3v) is 4.38. The Hall–Kier alpha value is -1.35. The van der Waals surface area contributed by atoms with E-state index in [0.29, 0.717) is 31.1 Å². The molecule has 1 aliphatic rings. The van der Waals surface area contributed by atoms with Gasteiger partial charge in [0.15, 0.2) is 0 Å². The highest BCUT2D eigenvalue weighted by Gasteiger charge is 2.31. The number of rotatable bonds is 14. The van der Waals surface area contributed by atoms with E-state index in [9.17, 15) is 9.90 Å². The maximum atomic E-state index is 10.4. The number of hydrogen-bond acceptors (Lipinski definition) is 2. The monoisotopic (exact) mass is 334 g/mol. The summed E-state index contributed by atoms with van der Waals surface area (Å²) >= 11 is 0. The van der Waals surface area contributed by atoms with Gasteiger partial charge in [0, 0.05) is 6.42 Å². The molecule has 3 atom stereocenters. The SMILES string of the molecule is CCCCC/C=C\[C@H]1C[C@@H]1/C=C/C[C@@H](O)C/C=C\CCCC(=O)O. The van der Waals surface area contributed by atoms with Gasteiger partial charge in [0.2, 0.25) is 0 Å². The van der Waals surface area contributed by atoms with Crippen molar-refractivity contribution in [2.24, 2.45) is 11.8 Å². The van der Waals surface area contributed by atoms with Gasteiger partial charge in [-0.2, -0.15) is 0 Å². The van der Waals surface area contributed by atoms with Crippen LogP contribution in [-0.2, 0) is 4.79 Å². The molecule has 0 unspecified atom stereocenters. The van der Waals surface area contributed by atoms with E-state index in [-0.39, 0.29) is 12.5 Å². The van der Waals surface area contributed by atoms with Gasteiger partial charge in [0.25, 0.3) is 0 Å². The molecule has 3 heteroatoms. The van der Waals surface area contributed by atoms with E-state index < -0.39 is 5.97 Å². The Morgan fingerprint density at radius 2 is 1.67 bits per heavy atom. The highest BCUT2D eigenvalue weighted by molar-refractivity contribution is 5.66. The van der Waals surface area contributed by atoms with Crippen LogP contribution in [0.25, 0.3) is 0 Å². The zero-order valence-corrected chi connectivity index (χ0v) is 15.1. The average Bonchev–Trinajstić information content (AvgIpc) is 3.28. The fourth-order valence-corrected chi connectivity index (χ4v) is 2.71. The number of aliphatic hydroxyl groups is 1. The molecule has 24 heavy (non-hydrogen) atoms. The molecule has 0 amide bonds. The Kier molecular flexibility index (Phi) is 11.2. The van der Waals surface area contributed by atoms with Gasteiger partial charge >= 0.3 is 5.97 Å². The van der Waals surface area contributed by atoms with Gasteiger partial charge in [0.05, 0.1) is 6.10 Å². The molecule has 1 rings (SSSR count). The molecule has 0 aromatic rings. The first-order chi connectivity index (χ1) is 11.6. The van der Waals surface area contributed by atoms with Crippen molar-refractivity contribution in [2.75, 3.05) is 0 Å². The van der Waals surface area contributed by atoms with Crippen LogP contribution in [0.4, 0.5) is 0 Å². The van der Waals surface area contributed by atoms with Gasteiger partial charge in [-0.3, -0.25) is 4.79 Å². The zero-order valence-electron chi connectivity index (χ0n) is 15.1. The summed E-state index contributed by atoms with van der Waals surface area (Å²) in [5.41, 5.74) is 0. The third-order valence-electron chi connectivity index (χ3n) is 4.38. The quantitative estimate of drug-likeness (QED) is 0.336. The lowest BCUT2D eigenvalue weighted by Crippen LogP contribution is -2.02. The number of hydrogen-bond donors (Lipinski definition) is 2. The minimum absolute atomic E-state index is 0.214. The van der Waals surface area contributed by atoms with Crippen LogP contribution in [0.5, 0.6) is 0 Å². The van der Waals surface area contributed by atoms with Crippen molar-refractivity contribution < 1.29 is 15.0 Å². The molecule has 1 fully saturated rings. The number of carboxylic acids is 1. The summed E-state index contributed by atoms with van der Waals surface area (Å²) < 4.78 is 0. The molecule has 1 aliphatic carbocycles. The molecule has 0 aliphatic heterocycles. The Bertz CT molecular complexity index is 423. The van der Waals surface area contributed by atoms with Gasteiger partial charge in [-0.15, -0.1) is 0 Å². The molecular formula is C21H34O3. The third kappa shape index (κ3) is 11.2. The second-order valence-corrected chi connectivity index (χ2v) is 6.80. The number of unbranched alkanes of at least 4 members (excludes halogenated alkanes) is 4. The molecule has 0 saturated heterocycles. The first kappa shape index (κ1) is 20.7. The molecule has 2 N–H and O–H groups in total. The van der Waals surface area contributed by atoms with Crippen LogP contribution >= 0.6 is 0 Å². The van der Waals surface area contributed by atoms with E-state index in [4.69, 9.17) is 5.11 Å². The number of aliphatic carboxylic acids is 1. The highest BCUT2D eigenvalue weighted by Crippen LogP contribution is 2.41. The summed E-state index contributed by atoms with van der Waals surface area (Å²) in [6.45, 7) is 2.23. The van der Waals surface area contributed by atoms with E-state index in [1.54, 1.807) is 0 Å². The molecule has 0 radical (unpaired) electrons. The van der Waals surface area contributed by atoms with Crippen LogP contribution in [0.2, 0.25) is 0 Å². The predicted molar refractivity (Wildman–Crippen MR) is 99.9 cm³/mol. The number of carbonyl (C=O) groups is 1. The Morgan fingerprint density at radius 3 is 2.38 bits per heavy atom. The fourth-order valence-electron chi connectivity index (χ4n) is 2.71. The van der Waals surface area contributed by atoms with E-state index in [2.05, 4.69) is 31.2 Å². The molecule has 0 aromatic heterocycles. The average molecular weight is 335 g/mol. The lowest BCUT2D eigenvalue weighted by atomic mass is 10.1. The Balaban J connectivity index is 2.02. The Morgan fingerprint density at radius 1 is 1.00 bits per heavy atom. The van der Waals surface area contributed by atoms with Crippen molar-refractivity contribution >= 4 is 5.97 Å². The molecule has 0 heterocycles. The van der Waals surface area contributed by atoms with Gasteiger partial charge in [-0.25, -0.2) is 0 Å². The van der Waals surface area contributed by atoms with Gasteiger partial charge in [-0.1, -0.05) is 56.2 Å². The summed E-state index contributed by atoms with van der Waals surface area (Å²) in [7, 11) is 0. The number of aliphatic hydroxyl groups excluding tert-OH is 1. The van der Waals surface area contributed by atoms with Gasteiger partial charge < -0.3 is 10.2 Å². The highest BCUT2D eigenvalue weighted by atomic mass is 16.4. The zero-order chi connectivity index (χ0) is 17.6. The van der Waals surface area contributed by atoms with E-state index >= 15 is 0 Å². The maximum absolute atomic E-state index is 10.4. The second-order valence-electron chi connectivity index (χ2n) is 6.80. The van der Waals surface area contributed by atoms with E-state index in [0.717, 1.165) is 6.42 Å². The van der Waals surface area contributed by atoms with Crippen molar-refractivity contribution in [3.63, 3.8) is 0 Å². The molecule has 136 valence electrons. The van der Waals surface area contributed by atoms with E-state index in [1.165, 1.54) is 32.1 Å². The minimum atomic E-state index is -0.747. The smallest absolute Gasteiger partial charge is 0.303 e.